The summed E-state index contributed by atoms with van der Waals surface area (Å²) in [5.41, 5.74) is 2.82. The topological polar surface area (TPSA) is 58.6 Å². The molecule has 0 spiro atoms. The number of piperidine rings is 1. The fourth-order valence-electron chi connectivity index (χ4n) is 3.28. The summed E-state index contributed by atoms with van der Waals surface area (Å²) < 4.78 is 33.0. The van der Waals surface area contributed by atoms with E-state index < -0.39 is 10.0 Å². The third-order valence-electron chi connectivity index (χ3n) is 4.80. The number of ether oxygens (including phenoxy) is 1. The van der Waals surface area contributed by atoms with Crippen molar-refractivity contribution >= 4 is 15.7 Å². The molecular weight excluding hydrogens is 348 g/mol. The number of hydrogen-bond acceptors (Lipinski definition) is 4. The molecule has 3 rings (SSSR count). The SMILES string of the molecule is COc1ccc(S(=O)(=O)NCc2ccc(N3CCCCC3)cc2)c(C)c1. The van der Waals surface area contributed by atoms with Gasteiger partial charge in [0.05, 0.1) is 12.0 Å². The molecule has 1 aliphatic rings. The van der Waals surface area contributed by atoms with Gasteiger partial charge in [0.2, 0.25) is 10.0 Å². The van der Waals surface area contributed by atoms with Crippen LogP contribution in [0.15, 0.2) is 47.4 Å². The molecule has 2 aromatic carbocycles. The Morgan fingerprint density at radius 1 is 1.04 bits per heavy atom. The van der Waals surface area contributed by atoms with E-state index in [4.69, 9.17) is 4.74 Å². The van der Waals surface area contributed by atoms with Gasteiger partial charge in [0.1, 0.15) is 5.75 Å². The second-order valence-electron chi connectivity index (χ2n) is 6.67. The van der Waals surface area contributed by atoms with E-state index in [1.54, 1.807) is 32.2 Å². The van der Waals surface area contributed by atoms with E-state index in [1.165, 1.54) is 24.9 Å². The molecule has 1 saturated heterocycles. The quantitative estimate of drug-likeness (QED) is 0.841. The molecule has 1 aliphatic heterocycles. The number of hydrogen-bond donors (Lipinski definition) is 1. The molecule has 0 aromatic heterocycles. The third-order valence-corrected chi connectivity index (χ3v) is 6.36. The lowest BCUT2D eigenvalue weighted by Gasteiger charge is -2.28. The van der Waals surface area contributed by atoms with Gasteiger partial charge in [-0.25, -0.2) is 13.1 Å². The maximum Gasteiger partial charge on any atom is 0.241 e. The van der Waals surface area contributed by atoms with Crippen molar-refractivity contribution < 1.29 is 13.2 Å². The Morgan fingerprint density at radius 2 is 1.73 bits per heavy atom. The normalized spacial score (nSPS) is 15.1. The Labute approximate surface area is 156 Å². The molecule has 0 saturated carbocycles. The van der Waals surface area contributed by atoms with E-state index in [0.717, 1.165) is 18.7 Å². The van der Waals surface area contributed by atoms with Crippen LogP contribution in [0.2, 0.25) is 0 Å². The van der Waals surface area contributed by atoms with Gasteiger partial charge in [0.15, 0.2) is 0 Å². The molecule has 140 valence electrons. The monoisotopic (exact) mass is 374 g/mol. The molecular formula is C20H26N2O3S. The van der Waals surface area contributed by atoms with Gasteiger partial charge in [-0.1, -0.05) is 12.1 Å². The highest BCUT2D eigenvalue weighted by atomic mass is 32.2. The summed E-state index contributed by atoms with van der Waals surface area (Å²) in [5, 5.41) is 0. The van der Waals surface area contributed by atoms with Gasteiger partial charge in [-0.05, 0) is 67.6 Å². The minimum atomic E-state index is -3.56. The van der Waals surface area contributed by atoms with E-state index in [9.17, 15) is 8.42 Å². The Balaban J connectivity index is 1.66. The zero-order valence-corrected chi connectivity index (χ0v) is 16.2. The predicted molar refractivity (Wildman–Crippen MR) is 104 cm³/mol. The third kappa shape index (κ3) is 4.37. The highest BCUT2D eigenvalue weighted by Crippen LogP contribution is 2.22. The largest absolute Gasteiger partial charge is 0.497 e. The van der Waals surface area contributed by atoms with Crippen LogP contribution in [0.3, 0.4) is 0 Å². The number of aryl methyl sites for hydroxylation is 1. The number of nitrogens with one attached hydrogen (secondary N) is 1. The maximum absolute atomic E-state index is 12.6. The lowest BCUT2D eigenvalue weighted by Crippen LogP contribution is -2.29. The molecule has 6 heteroatoms. The van der Waals surface area contributed by atoms with Gasteiger partial charge in [0.25, 0.3) is 0 Å². The predicted octanol–water partition coefficient (Wildman–Crippen LogP) is 3.47. The van der Waals surface area contributed by atoms with Crippen molar-refractivity contribution in [2.75, 3.05) is 25.1 Å². The van der Waals surface area contributed by atoms with Crippen LogP contribution in [0.5, 0.6) is 5.75 Å². The average molecular weight is 375 g/mol. The van der Waals surface area contributed by atoms with Crippen LogP contribution >= 0.6 is 0 Å². The summed E-state index contributed by atoms with van der Waals surface area (Å²) >= 11 is 0. The molecule has 2 aromatic rings. The molecule has 0 atom stereocenters. The molecule has 1 fully saturated rings. The summed E-state index contributed by atoms with van der Waals surface area (Å²) in [6.45, 7) is 4.24. The highest BCUT2D eigenvalue weighted by molar-refractivity contribution is 7.89. The first kappa shape index (κ1) is 18.7. The van der Waals surface area contributed by atoms with Gasteiger partial charge < -0.3 is 9.64 Å². The minimum absolute atomic E-state index is 0.272. The number of anilines is 1. The number of rotatable bonds is 6. The average Bonchev–Trinajstić information content (AvgIpc) is 2.67. The van der Waals surface area contributed by atoms with Crippen LogP contribution in [0.25, 0.3) is 0 Å². The van der Waals surface area contributed by atoms with E-state index >= 15 is 0 Å². The fraction of sp³-hybridized carbons (Fsp3) is 0.400. The van der Waals surface area contributed by atoms with Gasteiger partial charge in [-0.15, -0.1) is 0 Å². The second-order valence-corrected chi connectivity index (χ2v) is 8.41. The van der Waals surface area contributed by atoms with Crippen molar-refractivity contribution in [3.63, 3.8) is 0 Å². The molecule has 1 heterocycles. The van der Waals surface area contributed by atoms with Crippen LogP contribution in [0.1, 0.15) is 30.4 Å². The summed E-state index contributed by atoms with van der Waals surface area (Å²) in [6, 6.07) is 13.1. The first-order valence-corrected chi connectivity index (χ1v) is 10.5. The van der Waals surface area contributed by atoms with Gasteiger partial charge in [-0.3, -0.25) is 0 Å². The summed E-state index contributed by atoms with van der Waals surface area (Å²) in [7, 11) is -2.00. The van der Waals surface area contributed by atoms with Crippen LogP contribution in [-0.2, 0) is 16.6 Å². The molecule has 0 unspecified atom stereocenters. The van der Waals surface area contributed by atoms with Crippen LogP contribution in [-0.4, -0.2) is 28.6 Å². The maximum atomic E-state index is 12.6. The molecule has 1 N–H and O–H groups in total. The Kier molecular flexibility index (Phi) is 5.84. The Morgan fingerprint density at radius 3 is 2.35 bits per heavy atom. The molecule has 26 heavy (non-hydrogen) atoms. The second kappa shape index (κ2) is 8.10. The summed E-state index contributed by atoms with van der Waals surface area (Å²) in [6.07, 6.45) is 3.78. The summed E-state index contributed by atoms with van der Waals surface area (Å²) in [4.78, 5) is 2.67. The minimum Gasteiger partial charge on any atom is -0.497 e. The number of sulfonamides is 1. The van der Waals surface area contributed by atoms with Crippen molar-refractivity contribution in [2.45, 2.75) is 37.6 Å². The number of benzene rings is 2. The van der Waals surface area contributed by atoms with Gasteiger partial charge in [0, 0.05) is 25.3 Å². The van der Waals surface area contributed by atoms with Crippen molar-refractivity contribution in [1.29, 1.82) is 0 Å². The van der Waals surface area contributed by atoms with E-state index in [2.05, 4.69) is 21.8 Å². The van der Waals surface area contributed by atoms with Crippen LogP contribution in [0.4, 0.5) is 5.69 Å². The first-order chi connectivity index (χ1) is 12.5. The zero-order chi connectivity index (χ0) is 18.6. The van der Waals surface area contributed by atoms with Crippen LogP contribution in [0, 0.1) is 6.92 Å². The lowest BCUT2D eigenvalue weighted by molar-refractivity contribution is 0.414. The number of nitrogens with zero attached hydrogens (tertiary/aromatic N) is 1. The zero-order valence-electron chi connectivity index (χ0n) is 15.4. The van der Waals surface area contributed by atoms with Gasteiger partial charge in [-0.2, -0.15) is 0 Å². The molecule has 0 bridgehead atoms. The Bertz CT molecular complexity index is 842. The van der Waals surface area contributed by atoms with Crippen molar-refractivity contribution in [2.24, 2.45) is 0 Å². The van der Waals surface area contributed by atoms with Crippen molar-refractivity contribution in [3.05, 3.63) is 53.6 Å². The smallest absolute Gasteiger partial charge is 0.241 e. The van der Waals surface area contributed by atoms with Crippen molar-refractivity contribution in [3.8, 4) is 5.75 Å². The summed E-state index contributed by atoms with van der Waals surface area (Å²) in [5.74, 6) is 0.648. The van der Waals surface area contributed by atoms with E-state index in [-0.39, 0.29) is 11.4 Å². The lowest BCUT2D eigenvalue weighted by atomic mass is 10.1. The van der Waals surface area contributed by atoms with Gasteiger partial charge >= 0.3 is 0 Å². The van der Waals surface area contributed by atoms with E-state index in [0.29, 0.717) is 11.3 Å². The van der Waals surface area contributed by atoms with Crippen molar-refractivity contribution in [1.82, 2.24) is 4.72 Å². The number of methoxy groups -OCH3 is 1. The standard InChI is InChI=1S/C20H26N2O3S/c1-16-14-19(25-2)10-11-20(16)26(23,24)21-15-17-6-8-18(9-7-17)22-12-4-3-5-13-22/h6-11,14,21H,3-5,12-13,15H2,1-2H3. The molecule has 0 amide bonds. The fourth-order valence-corrected chi connectivity index (χ4v) is 4.53. The highest BCUT2D eigenvalue weighted by Gasteiger charge is 2.17. The molecule has 5 nitrogen and oxygen atoms in total. The molecule has 0 aliphatic carbocycles. The van der Waals surface area contributed by atoms with Crippen LogP contribution < -0.4 is 14.4 Å². The van der Waals surface area contributed by atoms with E-state index in [1.807, 2.05) is 12.1 Å². The first-order valence-electron chi connectivity index (χ1n) is 8.98. The Hall–Kier alpha value is -2.05. The molecule has 0 radical (unpaired) electrons.